The zero-order valence-corrected chi connectivity index (χ0v) is 12.1. The van der Waals surface area contributed by atoms with Gasteiger partial charge in [-0.25, -0.2) is 4.98 Å². The Morgan fingerprint density at radius 1 is 1.35 bits per heavy atom. The average molecular weight is 331 g/mol. The molecule has 0 unspecified atom stereocenters. The van der Waals surface area contributed by atoms with Crippen molar-refractivity contribution >= 4 is 39.3 Å². The van der Waals surface area contributed by atoms with Crippen LogP contribution < -0.4 is 4.74 Å². The van der Waals surface area contributed by atoms with Crippen LogP contribution in [-0.4, -0.2) is 12.1 Å². The largest absolute Gasteiger partial charge is 0.497 e. The van der Waals surface area contributed by atoms with E-state index in [-0.39, 0.29) is 0 Å². The molecule has 0 fully saturated rings. The van der Waals surface area contributed by atoms with Crippen LogP contribution in [0.15, 0.2) is 50.9 Å². The number of halogens is 2. The minimum Gasteiger partial charge on any atom is -0.497 e. The van der Waals surface area contributed by atoms with Crippen LogP contribution in [0.5, 0.6) is 5.75 Å². The number of methoxy groups -OCH3 is 1. The van der Waals surface area contributed by atoms with Gasteiger partial charge >= 0.3 is 0 Å². The minimum atomic E-state index is 0.632. The van der Waals surface area contributed by atoms with E-state index in [0.717, 1.165) is 20.1 Å². The highest BCUT2D eigenvalue weighted by molar-refractivity contribution is 9.10. The van der Waals surface area contributed by atoms with Gasteiger partial charge < -0.3 is 4.74 Å². The highest BCUT2D eigenvalue weighted by atomic mass is 79.9. The van der Waals surface area contributed by atoms with Crippen molar-refractivity contribution in [3.8, 4) is 5.75 Å². The second kappa shape index (κ2) is 5.76. The molecular weight excluding hydrogens is 322 g/mol. The SMILES string of the molecule is COc1cccc(Sc2ncc(Br)cc2Cl)c1. The third-order valence-electron chi connectivity index (χ3n) is 2.03. The van der Waals surface area contributed by atoms with Crippen molar-refractivity contribution in [1.82, 2.24) is 4.98 Å². The van der Waals surface area contributed by atoms with Crippen molar-refractivity contribution in [3.63, 3.8) is 0 Å². The lowest BCUT2D eigenvalue weighted by atomic mass is 10.3. The number of pyridine rings is 1. The van der Waals surface area contributed by atoms with Crippen LogP contribution in [-0.2, 0) is 0 Å². The van der Waals surface area contributed by atoms with E-state index in [4.69, 9.17) is 16.3 Å². The molecule has 0 aliphatic rings. The zero-order valence-electron chi connectivity index (χ0n) is 8.98. The van der Waals surface area contributed by atoms with Gasteiger partial charge in [0.15, 0.2) is 0 Å². The molecule has 0 aliphatic carbocycles. The summed E-state index contributed by atoms with van der Waals surface area (Å²) in [6.45, 7) is 0. The van der Waals surface area contributed by atoms with Gasteiger partial charge in [-0.1, -0.05) is 29.4 Å². The van der Waals surface area contributed by atoms with Crippen LogP contribution >= 0.6 is 39.3 Å². The summed E-state index contributed by atoms with van der Waals surface area (Å²) in [6.07, 6.45) is 1.73. The third kappa shape index (κ3) is 3.37. The van der Waals surface area contributed by atoms with E-state index in [1.807, 2.05) is 30.3 Å². The fraction of sp³-hybridized carbons (Fsp3) is 0.0833. The number of rotatable bonds is 3. The lowest BCUT2D eigenvalue weighted by Crippen LogP contribution is -1.84. The van der Waals surface area contributed by atoms with Gasteiger partial charge in [0, 0.05) is 15.6 Å². The van der Waals surface area contributed by atoms with Crippen molar-refractivity contribution in [1.29, 1.82) is 0 Å². The summed E-state index contributed by atoms with van der Waals surface area (Å²) in [6, 6.07) is 9.61. The molecule has 0 bridgehead atoms. The van der Waals surface area contributed by atoms with E-state index in [0.29, 0.717) is 5.02 Å². The Hall–Kier alpha value is -0.710. The van der Waals surface area contributed by atoms with Crippen LogP contribution in [0.3, 0.4) is 0 Å². The first-order valence-electron chi connectivity index (χ1n) is 4.82. The van der Waals surface area contributed by atoms with Crippen LogP contribution in [0.1, 0.15) is 0 Å². The van der Waals surface area contributed by atoms with E-state index < -0.39 is 0 Å². The fourth-order valence-corrected chi connectivity index (χ4v) is 2.81. The Balaban J connectivity index is 2.25. The number of hydrogen-bond donors (Lipinski definition) is 0. The van der Waals surface area contributed by atoms with Gasteiger partial charge in [-0.05, 0) is 40.2 Å². The van der Waals surface area contributed by atoms with Crippen LogP contribution in [0.2, 0.25) is 5.02 Å². The number of nitrogens with zero attached hydrogens (tertiary/aromatic N) is 1. The maximum atomic E-state index is 6.11. The number of hydrogen-bond acceptors (Lipinski definition) is 3. The summed E-state index contributed by atoms with van der Waals surface area (Å²) < 4.78 is 6.04. The Bertz CT molecular complexity index is 536. The van der Waals surface area contributed by atoms with Crippen molar-refractivity contribution in [2.24, 2.45) is 0 Å². The zero-order chi connectivity index (χ0) is 12.3. The quantitative estimate of drug-likeness (QED) is 0.817. The van der Waals surface area contributed by atoms with Crippen LogP contribution in [0, 0.1) is 0 Å². The molecule has 0 aliphatic heterocycles. The molecule has 88 valence electrons. The second-order valence-electron chi connectivity index (χ2n) is 3.22. The maximum Gasteiger partial charge on any atom is 0.119 e. The van der Waals surface area contributed by atoms with Crippen LogP contribution in [0.4, 0.5) is 0 Å². The number of aromatic nitrogens is 1. The Morgan fingerprint density at radius 3 is 2.88 bits per heavy atom. The van der Waals surface area contributed by atoms with Crippen molar-refractivity contribution in [2.75, 3.05) is 7.11 Å². The lowest BCUT2D eigenvalue weighted by molar-refractivity contribution is 0.413. The van der Waals surface area contributed by atoms with Gasteiger partial charge in [0.05, 0.1) is 12.1 Å². The van der Waals surface area contributed by atoms with E-state index >= 15 is 0 Å². The molecule has 5 heteroatoms. The highest BCUT2D eigenvalue weighted by Gasteiger charge is 2.05. The first-order chi connectivity index (χ1) is 8.19. The normalized spacial score (nSPS) is 10.3. The van der Waals surface area contributed by atoms with Gasteiger partial charge in [-0.2, -0.15) is 0 Å². The summed E-state index contributed by atoms with van der Waals surface area (Å²) in [4.78, 5) is 5.31. The molecular formula is C12H9BrClNOS. The van der Waals surface area contributed by atoms with Crippen molar-refractivity contribution in [2.45, 2.75) is 9.92 Å². The van der Waals surface area contributed by atoms with Gasteiger partial charge in [0.1, 0.15) is 10.8 Å². The monoisotopic (exact) mass is 329 g/mol. The van der Waals surface area contributed by atoms with Crippen molar-refractivity contribution < 1.29 is 4.74 Å². The summed E-state index contributed by atoms with van der Waals surface area (Å²) in [7, 11) is 1.65. The van der Waals surface area contributed by atoms with Gasteiger partial charge in [-0.15, -0.1) is 0 Å². The van der Waals surface area contributed by atoms with E-state index in [1.54, 1.807) is 13.3 Å². The Morgan fingerprint density at radius 2 is 2.18 bits per heavy atom. The molecule has 0 amide bonds. The predicted molar refractivity (Wildman–Crippen MR) is 74.1 cm³/mol. The van der Waals surface area contributed by atoms with Gasteiger partial charge in [0.2, 0.25) is 0 Å². The number of ether oxygens (including phenoxy) is 1. The smallest absolute Gasteiger partial charge is 0.119 e. The molecule has 1 aromatic heterocycles. The molecule has 0 atom stereocenters. The minimum absolute atomic E-state index is 0.632. The van der Waals surface area contributed by atoms with Gasteiger partial charge in [-0.3, -0.25) is 0 Å². The first kappa shape index (κ1) is 12.7. The molecule has 17 heavy (non-hydrogen) atoms. The highest BCUT2D eigenvalue weighted by Crippen LogP contribution is 2.34. The van der Waals surface area contributed by atoms with Gasteiger partial charge in [0.25, 0.3) is 0 Å². The van der Waals surface area contributed by atoms with E-state index in [9.17, 15) is 0 Å². The molecule has 0 radical (unpaired) electrons. The lowest BCUT2D eigenvalue weighted by Gasteiger charge is -2.05. The molecule has 2 nitrogen and oxygen atoms in total. The number of benzene rings is 1. The molecule has 2 rings (SSSR count). The fourth-order valence-electron chi connectivity index (χ4n) is 1.25. The van der Waals surface area contributed by atoms with Crippen molar-refractivity contribution in [3.05, 3.63) is 46.0 Å². The molecule has 1 aromatic carbocycles. The Labute approximate surface area is 117 Å². The molecule has 0 N–H and O–H groups in total. The third-order valence-corrected chi connectivity index (χ3v) is 3.87. The van der Waals surface area contributed by atoms with Crippen LogP contribution in [0.25, 0.3) is 0 Å². The van der Waals surface area contributed by atoms with E-state index in [2.05, 4.69) is 20.9 Å². The molecule has 2 aromatic rings. The second-order valence-corrected chi connectivity index (χ2v) is 5.61. The summed E-state index contributed by atoms with van der Waals surface area (Å²) in [5, 5.41) is 1.41. The Kier molecular flexibility index (Phi) is 4.31. The first-order valence-corrected chi connectivity index (χ1v) is 6.81. The van der Waals surface area contributed by atoms with E-state index in [1.165, 1.54) is 11.8 Å². The topological polar surface area (TPSA) is 22.1 Å². The molecule has 0 saturated carbocycles. The predicted octanol–water partition coefficient (Wildman–Crippen LogP) is 4.66. The maximum absolute atomic E-state index is 6.11. The molecule has 1 heterocycles. The summed E-state index contributed by atoms with van der Waals surface area (Å²) in [5.74, 6) is 0.822. The average Bonchev–Trinajstić information content (AvgIpc) is 2.33. The molecule has 0 saturated heterocycles. The summed E-state index contributed by atoms with van der Waals surface area (Å²) in [5.41, 5.74) is 0. The summed E-state index contributed by atoms with van der Waals surface area (Å²) >= 11 is 10.9. The molecule has 0 spiro atoms. The standard InChI is InChI=1S/C12H9BrClNOS/c1-16-9-3-2-4-10(6-9)17-12-11(14)5-8(13)7-15-12/h2-7H,1H3.